The normalized spacial score (nSPS) is 24.6. The lowest BCUT2D eigenvalue weighted by atomic mass is 9.96. The van der Waals surface area contributed by atoms with Gasteiger partial charge in [0.05, 0.1) is 0 Å². The predicted molar refractivity (Wildman–Crippen MR) is 77.4 cm³/mol. The van der Waals surface area contributed by atoms with Gasteiger partial charge in [-0.25, -0.2) is 0 Å². The molecule has 1 saturated carbocycles. The van der Waals surface area contributed by atoms with Gasteiger partial charge >= 0.3 is 6.18 Å². The zero-order valence-electron chi connectivity index (χ0n) is 12.0. The molecule has 2 atom stereocenters. The second-order valence-electron chi connectivity index (χ2n) is 6.03. The fourth-order valence-electron chi connectivity index (χ4n) is 3.30. The number of hydrogen-bond acceptors (Lipinski definition) is 2. The Labute approximate surface area is 129 Å². The van der Waals surface area contributed by atoms with Crippen LogP contribution >= 0.6 is 12.4 Å². The Morgan fingerprint density at radius 2 is 1.90 bits per heavy atom. The minimum Gasteiger partial charge on any atom is -0.344 e. The van der Waals surface area contributed by atoms with E-state index in [1.165, 1.54) is 0 Å². The average molecular weight is 329 g/mol. The molecule has 2 aliphatic rings. The van der Waals surface area contributed by atoms with Crippen molar-refractivity contribution in [2.45, 2.75) is 57.2 Å². The quantitative estimate of drug-likeness (QED) is 0.814. The summed E-state index contributed by atoms with van der Waals surface area (Å²) in [7, 11) is 0. The zero-order valence-corrected chi connectivity index (χ0v) is 12.9. The van der Waals surface area contributed by atoms with Gasteiger partial charge in [0, 0.05) is 6.42 Å². The molecule has 0 spiro atoms. The van der Waals surface area contributed by atoms with Crippen molar-refractivity contribution in [1.29, 1.82) is 0 Å². The van der Waals surface area contributed by atoms with Gasteiger partial charge in [-0.3, -0.25) is 4.79 Å². The van der Waals surface area contributed by atoms with Crippen LogP contribution in [0.3, 0.4) is 0 Å². The Hall–Kier alpha value is -0.490. The lowest BCUT2D eigenvalue weighted by molar-refractivity contribution is -0.172. The summed E-state index contributed by atoms with van der Waals surface area (Å²) in [5.41, 5.74) is 0. The molecule has 3 nitrogen and oxygen atoms in total. The van der Waals surface area contributed by atoms with Crippen molar-refractivity contribution < 1.29 is 18.0 Å². The van der Waals surface area contributed by atoms with E-state index in [0.717, 1.165) is 32.4 Å². The van der Waals surface area contributed by atoms with E-state index in [-0.39, 0.29) is 18.8 Å². The first-order valence-corrected chi connectivity index (χ1v) is 7.53. The van der Waals surface area contributed by atoms with E-state index in [2.05, 4.69) is 10.6 Å². The van der Waals surface area contributed by atoms with Gasteiger partial charge in [0.15, 0.2) is 0 Å². The molecule has 2 unspecified atom stereocenters. The van der Waals surface area contributed by atoms with Crippen LogP contribution in [0.2, 0.25) is 0 Å². The average Bonchev–Trinajstić information content (AvgIpc) is 3.04. The van der Waals surface area contributed by atoms with Crippen LogP contribution in [0, 0.1) is 11.8 Å². The molecule has 0 aromatic heterocycles. The molecule has 2 fully saturated rings. The van der Waals surface area contributed by atoms with Crippen LogP contribution in [0.25, 0.3) is 0 Å². The molecular formula is C14H24ClF3N2O. The summed E-state index contributed by atoms with van der Waals surface area (Å²) in [5, 5.41) is 5.43. The highest BCUT2D eigenvalue weighted by Crippen LogP contribution is 2.35. The van der Waals surface area contributed by atoms with E-state index < -0.39 is 24.0 Å². The van der Waals surface area contributed by atoms with E-state index in [0.29, 0.717) is 25.2 Å². The first kappa shape index (κ1) is 18.6. The summed E-state index contributed by atoms with van der Waals surface area (Å²) in [6, 6.07) is -1.65. The second-order valence-corrected chi connectivity index (χ2v) is 6.03. The molecule has 2 N–H and O–H groups in total. The summed E-state index contributed by atoms with van der Waals surface area (Å²) < 4.78 is 39.1. The van der Waals surface area contributed by atoms with Crippen molar-refractivity contribution in [2.24, 2.45) is 11.8 Å². The predicted octanol–water partition coefficient (Wildman–Crippen LogP) is 3.04. The van der Waals surface area contributed by atoms with Crippen LogP contribution in [0.1, 0.15) is 44.9 Å². The Kier molecular flexibility index (Phi) is 7.27. The molecule has 0 radical (unpaired) electrons. The maximum absolute atomic E-state index is 13.0. The Morgan fingerprint density at radius 1 is 1.24 bits per heavy atom. The number of halogens is 4. The largest absolute Gasteiger partial charge is 0.408 e. The second kappa shape index (κ2) is 8.22. The van der Waals surface area contributed by atoms with Crippen LogP contribution in [-0.2, 0) is 4.79 Å². The number of amides is 1. The zero-order chi connectivity index (χ0) is 14.6. The van der Waals surface area contributed by atoms with Gasteiger partial charge in [0.2, 0.25) is 5.91 Å². The fourth-order valence-corrected chi connectivity index (χ4v) is 3.30. The van der Waals surface area contributed by atoms with Crippen molar-refractivity contribution in [3.63, 3.8) is 0 Å². The third kappa shape index (κ3) is 5.66. The van der Waals surface area contributed by atoms with Gasteiger partial charge in [0.25, 0.3) is 0 Å². The summed E-state index contributed by atoms with van der Waals surface area (Å²) in [6.07, 6.45) is 0.355. The molecule has 0 aromatic rings. The van der Waals surface area contributed by atoms with Crippen LogP contribution < -0.4 is 10.6 Å². The molecule has 1 saturated heterocycles. The van der Waals surface area contributed by atoms with E-state index in [9.17, 15) is 18.0 Å². The van der Waals surface area contributed by atoms with E-state index in [4.69, 9.17) is 0 Å². The highest BCUT2D eigenvalue weighted by Gasteiger charge is 2.46. The van der Waals surface area contributed by atoms with Crippen LogP contribution in [0.5, 0.6) is 0 Å². The SMILES string of the molecule is Cl.O=C(CCC1CCNC1)NC(C1CCCC1)C(F)(F)F. The summed E-state index contributed by atoms with van der Waals surface area (Å²) in [6.45, 7) is 1.82. The Morgan fingerprint density at radius 3 is 2.43 bits per heavy atom. The number of hydrogen-bond donors (Lipinski definition) is 2. The molecule has 1 aliphatic carbocycles. The Balaban J connectivity index is 0.00000220. The smallest absolute Gasteiger partial charge is 0.344 e. The van der Waals surface area contributed by atoms with Gasteiger partial charge in [-0.2, -0.15) is 13.2 Å². The van der Waals surface area contributed by atoms with Gasteiger partial charge in [0.1, 0.15) is 6.04 Å². The topological polar surface area (TPSA) is 41.1 Å². The monoisotopic (exact) mass is 328 g/mol. The van der Waals surface area contributed by atoms with Gasteiger partial charge in [-0.15, -0.1) is 12.4 Å². The van der Waals surface area contributed by atoms with Crippen molar-refractivity contribution in [3.8, 4) is 0 Å². The van der Waals surface area contributed by atoms with Gasteiger partial charge in [-0.1, -0.05) is 12.8 Å². The summed E-state index contributed by atoms with van der Waals surface area (Å²) >= 11 is 0. The van der Waals surface area contributed by atoms with E-state index in [1.54, 1.807) is 0 Å². The summed E-state index contributed by atoms with van der Waals surface area (Å²) in [5.74, 6) is -0.463. The van der Waals surface area contributed by atoms with Crippen LogP contribution in [0.15, 0.2) is 0 Å². The van der Waals surface area contributed by atoms with E-state index in [1.807, 2.05) is 0 Å². The number of alkyl halides is 3. The van der Waals surface area contributed by atoms with E-state index >= 15 is 0 Å². The molecule has 1 heterocycles. The maximum atomic E-state index is 13.0. The highest BCUT2D eigenvalue weighted by molar-refractivity contribution is 5.85. The number of rotatable bonds is 5. The Bertz CT molecular complexity index is 327. The first-order valence-electron chi connectivity index (χ1n) is 7.53. The molecule has 1 amide bonds. The lowest BCUT2D eigenvalue weighted by Gasteiger charge is -2.27. The first-order chi connectivity index (χ1) is 9.47. The van der Waals surface area contributed by atoms with Crippen LogP contribution in [0.4, 0.5) is 13.2 Å². The number of carbonyl (C=O) groups excluding carboxylic acids is 1. The molecule has 124 valence electrons. The summed E-state index contributed by atoms with van der Waals surface area (Å²) in [4.78, 5) is 11.8. The third-order valence-electron chi connectivity index (χ3n) is 4.48. The van der Waals surface area contributed by atoms with Crippen molar-refractivity contribution in [2.75, 3.05) is 13.1 Å². The molecule has 0 aromatic carbocycles. The molecule has 0 bridgehead atoms. The highest BCUT2D eigenvalue weighted by atomic mass is 35.5. The standard InChI is InChI=1S/C14H23F3N2O.ClH/c15-14(16,17)13(11-3-1-2-4-11)19-12(20)6-5-10-7-8-18-9-10;/h10-11,13,18H,1-9H2,(H,19,20);1H. The fraction of sp³-hybridized carbons (Fsp3) is 0.929. The van der Waals surface area contributed by atoms with Crippen molar-refractivity contribution in [3.05, 3.63) is 0 Å². The minimum absolute atomic E-state index is 0. The molecule has 7 heteroatoms. The van der Waals surface area contributed by atoms with Gasteiger partial charge < -0.3 is 10.6 Å². The maximum Gasteiger partial charge on any atom is 0.408 e. The van der Waals surface area contributed by atoms with Gasteiger partial charge in [-0.05, 0) is 50.6 Å². The molecule has 1 aliphatic heterocycles. The minimum atomic E-state index is -4.33. The molecule has 21 heavy (non-hydrogen) atoms. The number of carbonyl (C=O) groups is 1. The number of nitrogens with one attached hydrogen (secondary N) is 2. The van der Waals surface area contributed by atoms with Crippen LogP contribution in [-0.4, -0.2) is 31.2 Å². The molecular weight excluding hydrogens is 305 g/mol. The lowest BCUT2D eigenvalue weighted by Crippen LogP contribution is -2.49. The third-order valence-corrected chi connectivity index (χ3v) is 4.48. The van der Waals surface area contributed by atoms with Crippen molar-refractivity contribution in [1.82, 2.24) is 10.6 Å². The van der Waals surface area contributed by atoms with Crippen molar-refractivity contribution >= 4 is 18.3 Å². The molecule has 2 rings (SSSR count).